The predicted octanol–water partition coefficient (Wildman–Crippen LogP) is 6.31. The van der Waals surface area contributed by atoms with Gasteiger partial charge in [0, 0.05) is 22.3 Å². The third-order valence-electron chi connectivity index (χ3n) is 6.41. The molecule has 0 saturated carbocycles. The molecule has 0 spiro atoms. The summed E-state index contributed by atoms with van der Waals surface area (Å²) in [5.74, 6) is -2.69. The first-order valence-corrected chi connectivity index (χ1v) is 12.0. The van der Waals surface area contributed by atoms with Crippen LogP contribution in [0, 0.1) is 27.7 Å². The van der Waals surface area contributed by atoms with Gasteiger partial charge in [0.05, 0.1) is 11.1 Å². The van der Waals surface area contributed by atoms with Gasteiger partial charge in [-0.15, -0.1) is 0 Å². The minimum atomic E-state index is -1.00. The molecule has 0 bridgehead atoms. The lowest BCUT2D eigenvalue weighted by molar-refractivity contribution is -0.187. The zero-order valence-electron chi connectivity index (χ0n) is 21.5. The lowest BCUT2D eigenvalue weighted by atomic mass is 9.92. The van der Waals surface area contributed by atoms with Crippen LogP contribution in [0.25, 0.3) is 0 Å². The van der Waals surface area contributed by atoms with Gasteiger partial charge in [0.2, 0.25) is 0 Å². The largest absolute Gasteiger partial charge is 0.387 e. The number of carbonyl (C=O) groups excluding carboxylic acids is 4. The Bertz CT molecular complexity index is 1460. The van der Waals surface area contributed by atoms with Crippen LogP contribution in [-0.2, 0) is 9.78 Å². The standard InChI is InChI=1S/C32H26O6/c1-19-11-5-7-15-23(19)29(33)27-21(3)13-9-17-25(27)31(35)37-38-32(36)26-18-10-14-22(4)28(26)30(34)24-16-8-6-12-20(24)2/h5-18H,1-4H3. The number of hydrogen-bond donors (Lipinski definition) is 0. The van der Waals surface area contributed by atoms with Crippen molar-refractivity contribution in [2.75, 3.05) is 0 Å². The molecule has 0 unspecified atom stereocenters. The van der Waals surface area contributed by atoms with Crippen molar-refractivity contribution >= 4 is 23.5 Å². The van der Waals surface area contributed by atoms with Gasteiger partial charge < -0.3 is 0 Å². The van der Waals surface area contributed by atoms with Gasteiger partial charge in [-0.1, -0.05) is 72.8 Å². The molecular weight excluding hydrogens is 480 g/mol. The molecule has 0 heterocycles. The molecule has 0 aliphatic heterocycles. The molecule has 0 aliphatic carbocycles. The number of benzene rings is 4. The quantitative estimate of drug-likeness (QED) is 0.173. The normalized spacial score (nSPS) is 10.5. The van der Waals surface area contributed by atoms with Crippen LogP contribution in [0.2, 0.25) is 0 Å². The van der Waals surface area contributed by atoms with Crippen LogP contribution in [0.15, 0.2) is 84.9 Å². The van der Waals surface area contributed by atoms with Crippen molar-refractivity contribution in [3.63, 3.8) is 0 Å². The Labute approximate surface area is 220 Å². The SMILES string of the molecule is Cc1ccccc1C(=O)c1c(C)cccc1C(=O)OOC(=O)c1cccc(C)c1C(=O)c1ccccc1C. The van der Waals surface area contributed by atoms with Gasteiger partial charge >= 0.3 is 11.9 Å². The monoisotopic (exact) mass is 506 g/mol. The van der Waals surface area contributed by atoms with Crippen LogP contribution >= 0.6 is 0 Å². The predicted molar refractivity (Wildman–Crippen MR) is 142 cm³/mol. The van der Waals surface area contributed by atoms with E-state index < -0.39 is 11.9 Å². The van der Waals surface area contributed by atoms with Crippen LogP contribution in [0.1, 0.15) is 74.8 Å². The molecule has 0 aliphatic rings. The third-order valence-corrected chi connectivity index (χ3v) is 6.41. The first kappa shape index (κ1) is 26.2. The van der Waals surface area contributed by atoms with Gasteiger partial charge in [-0.2, -0.15) is 0 Å². The molecule has 0 saturated heterocycles. The molecule has 6 nitrogen and oxygen atoms in total. The highest BCUT2D eigenvalue weighted by Gasteiger charge is 2.27. The molecule has 4 rings (SSSR count). The van der Waals surface area contributed by atoms with E-state index in [0.717, 1.165) is 11.1 Å². The molecule has 4 aromatic carbocycles. The van der Waals surface area contributed by atoms with E-state index in [0.29, 0.717) is 22.3 Å². The summed E-state index contributed by atoms with van der Waals surface area (Å²) < 4.78 is 0. The Morgan fingerprint density at radius 2 is 0.737 bits per heavy atom. The number of rotatable bonds is 6. The Morgan fingerprint density at radius 3 is 1.11 bits per heavy atom. The van der Waals surface area contributed by atoms with Crippen molar-refractivity contribution in [2.24, 2.45) is 0 Å². The first-order chi connectivity index (χ1) is 18.2. The Balaban J connectivity index is 1.60. The van der Waals surface area contributed by atoms with Gasteiger partial charge in [-0.25, -0.2) is 19.4 Å². The van der Waals surface area contributed by atoms with Crippen molar-refractivity contribution in [1.29, 1.82) is 0 Å². The van der Waals surface area contributed by atoms with Crippen molar-refractivity contribution in [1.82, 2.24) is 0 Å². The second-order valence-electron chi connectivity index (χ2n) is 9.02. The molecule has 0 N–H and O–H groups in total. The van der Waals surface area contributed by atoms with Crippen molar-refractivity contribution < 1.29 is 29.0 Å². The van der Waals surface area contributed by atoms with Gasteiger partial charge in [-0.05, 0) is 62.1 Å². The highest BCUT2D eigenvalue weighted by molar-refractivity contribution is 6.17. The van der Waals surface area contributed by atoms with Gasteiger partial charge in [0.1, 0.15) is 0 Å². The Morgan fingerprint density at radius 1 is 0.421 bits per heavy atom. The zero-order chi connectivity index (χ0) is 27.4. The smallest absolute Gasteiger partial charge is 0.289 e. The molecule has 0 atom stereocenters. The molecule has 0 radical (unpaired) electrons. The van der Waals surface area contributed by atoms with Gasteiger partial charge in [0.25, 0.3) is 0 Å². The Hall–Kier alpha value is -4.84. The highest BCUT2D eigenvalue weighted by Crippen LogP contribution is 2.24. The minimum Gasteiger partial charge on any atom is -0.289 e. The van der Waals surface area contributed by atoms with E-state index in [1.54, 1.807) is 62.4 Å². The van der Waals surface area contributed by atoms with E-state index in [1.165, 1.54) is 12.1 Å². The van der Waals surface area contributed by atoms with Crippen molar-refractivity contribution in [3.8, 4) is 0 Å². The molecule has 38 heavy (non-hydrogen) atoms. The maximum Gasteiger partial charge on any atom is 0.387 e. The fourth-order valence-electron chi connectivity index (χ4n) is 4.37. The summed E-state index contributed by atoms with van der Waals surface area (Å²) in [6.07, 6.45) is 0. The molecule has 4 aromatic rings. The third kappa shape index (κ3) is 5.15. The fourth-order valence-corrected chi connectivity index (χ4v) is 4.37. The van der Waals surface area contributed by atoms with Crippen LogP contribution in [0.3, 0.4) is 0 Å². The van der Waals surface area contributed by atoms with Gasteiger partial charge in [-0.3, -0.25) is 9.59 Å². The van der Waals surface area contributed by atoms with E-state index in [4.69, 9.17) is 9.78 Å². The average molecular weight is 507 g/mol. The summed E-state index contributed by atoms with van der Waals surface area (Å²) in [4.78, 5) is 62.5. The molecule has 0 amide bonds. The van der Waals surface area contributed by atoms with Crippen LogP contribution in [-0.4, -0.2) is 23.5 Å². The topological polar surface area (TPSA) is 86.7 Å². The lowest BCUT2D eigenvalue weighted by Crippen LogP contribution is -2.19. The van der Waals surface area contributed by atoms with E-state index in [1.807, 2.05) is 38.1 Å². The average Bonchev–Trinajstić information content (AvgIpc) is 2.91. The maximum absolute atomic E-state index is 13.3. The summed E-state index contributed by atoms with van der Waals surface area (Å²) in [5, 5.41) is 0. The summed E-state index contributed by atoms with van der Waals surface area (Å²) in [6, 6.07) is 23.7. The number of aryl methyl sites for hydroxylation is 4. The van der Waals surface area contributed by atoms with E-state index >= 15 is 0 Å². The molecule has 0 fully saturated rings. The summed E-state index contributed by atoms with van der Waals surface area (Å²) in [6.45, 7) is 7.04. The molecule has 0 aromatic heterocycles. The molecular formula is C32H26O6. The van der Waals surface area contributed by atoms with E-state index in [9.17, 15) is 19.2 Å². The van der Waals surface area contributed by atoms with Gasteiger partial charge in [0.15, 0.2) is 11.6 Å². The number of ketones is 2. The second-order valence-corrected chi connectivity index (χ2v) is 9.02. The second kappa shape index (κ2) is 11.0. The minimum absolute atomic E-state index is 0.0356. The number of hydrogen-bond acceptors (Lipinski definition) is 6. The first-order valence-electron chi connectivity index (χ1n) is 12.0. The summed E-state index contributed by atoms with van der Waals surface area (Å²) in [7, 11) is 0. The molecule has 190 valence electrons. The summed E-state index contributed by atoms with van der Waals surface area (Å²) >= 11 is 0. The lowest BCUT2D eigenvalue weighted by Gasteiger charge is -2.13. The van der Waals surface area contributed by atoms with E-state index in [-0.39, 0.29) is 33.8 Å². The molecule has 6 heteroatoms. The van der Waals surface area contributed by atoms with Crippen LogP contribution in [0.5, 0.6) is 0 Å². The zero-order valence-corrected chi connectivity index (χ0v) is 21.5. The Kier molecular flexibility index (Phi) is 7.63. The van der Waals surface area contributed by atoms with Crippen LogP contribution in [0.4, 0.5) is 0 Å². The summed E-state index contributed by atoms with van der Waals surface area (Å²) in [5.41, 5.74) is 3.82. The van der Waals surface area contributed by atoms with E-state index in [2.05, 4.69) is 0 Å². The van der Waals surface area contributed by atoms with Crippen molar-refractivity contribution in [2.45, 2.75) is 27.7 Å². The number of carbonyl (C=O) groups is 4. The van der Waals surface area contributed by atoms with Crippen LogP contribution < -0.4 is 0 Å². The fraction of sp³-hybridized carbons (Fsp3) is 0.125. The highest BCUT2D eigenvalue weighted by atomic mass is 17.2. The van der Waals surface area contributed by atoms with Crippen molar-refractivity contribution in [3.05, 3.63) is 141 Å². The maximum atomic E-state index is 13.3.